The number of rotatable bonds is 4. The van der Waals surface area contributed by atoms with Gasteiger partial charge in [-0.15, -0.1) is 0 Å². The maximum absolute atomic E-state index is 10.7. The molecule has 6 nitrogen and oxygen atoms in total. The molecule has 0 aliphatic carbocycles. The van der Waals surface area contributed by atoms with E-state index < -0.39 is 5.97 Å². The van der Waals surface area contributed by atoms with Crippen molar-refractivity contribution in [3.05, 3.63) is 41.2 Å². The van der Waals surface area contributed by atoms with E-state index in [1.54, 1.807) is 18.2 Å². The summed E-state index contributed by atoms with van der Waals surface area (Å²) in [6.45, 7) is 0. The number of hydrogen-bond donors (Lipinski definition) is 2. The lowest BCUT2D eigenvalue weighted by atomic mass is 10.3. The molecular weight excluding hydrogens is 270 g/mol. The Balaban J connectivity index is 2.25. The van der Waals surface area contributed by atoms with Crippen molar-refractivity contribution in [2.45, 2.75) is 0 Å². The number of carboxylic acid groups (broad SMARTS) is 1. The molecule has 0 radical (unpaired) electrons. The van der Waals surface area contributed by atoms with Crippen LogP contribution in [0.25, 0.3) is 0 Å². The molecule has 0 spiro atoms. The largest absolute Gasteiger partial charge is 0.495 e. The second-order valence-corrected chi connectivity index (χ2v) is 4.01. The van der Waals surface area contributed by atoms with Crippen LogP contribution < -0.4 is 10.1 Å². The maximum atomic E-state index is 10.7. The van der Waals surface area contributed by atoms with Crippen molar-refractivity contribution in [3.63, 3.8) is 0 Å². The lowest BCUT2D eigenvalue weighted by Crippen LogP contribution is -2.02. The highest BCUT2D eigenvalue weighted by Gasteiger charge is 2.07. The van der Waals surface area contributed by atoms with E-state index in [9.17, 15) is 4.79 Å². The Bertz CT molecular complexity index is 602. The summed E-state index contributed by atoms with van der Waals surface area (Å²) in [6.07, 6.45) is 2.43. The number of ether oxygens (including phenoxy) is 1. The Morgan fingerprint density at radius 2 is 2.05 bits per heavy atom. The van der Waals surface area contributed by atoms with Crippen molar-refractivity contribution in [2.75, 3.05) is 12.4 Å². The van der Waals surface area contributed by atoms with Crippen molar-refractivity contribution >= 4 is 29.2 Å². The number of aromatic nitrogens is 2. The van der Waals surface area contributed by atoms with Gasteiger partial charge in [-0.3, -0.25) is 0 Å². The van der Waals surface area contributed by atoms with E-state index in [-0.39, 0.29) is 11.5 Å². The minimum absolute atomic E-state index is 0.0172. The van der Waals surface area contributed by atoms with E-state index in [0.29, 0.717) is 16.5 Å². The summed E-state index contributed by atoms with van der Waals surface area (Å²) in [6, 6.07) is 5.06. The first kappa shape index (κ1) is 13.1. The van der Waals surface area contributed by atoms with Gasteiger partial charge in [0.15, 0.2) is 0 Å². The van der Waals surface area contributed by atoms with E-state index in [1.807, 2.05) is 0 Å². The second-order valence-electron chi connectivity index (χ2n) is 3.57. The topological polar surface area (TPSA) is 84.3 Å². The van der Waals surface area contributed by atoms with Crippen molar-refractivity contribution in [2.24, 2.45) is 0 Å². The van der Waals surface area contributed by atoms with Crippen LogP contribution >= 0.6 is 11.6 Å². The van der Waals surface area contributed by atoms with Crippen LogP contribution in [0.1, 0.15) is 10.4 Å². The Morgan fingerprint density at radius 3 is 2.63 bits per heavy atom. The zero-order valence-corrected chi connectivity index (χ0v) is 10.7. The zero-order chi connectivity index (χ0) is 13.8. The van der Waals surface area contributed by atoms with Gasteiger partial charge in [0.2, 0.25) is 5.95 Å². The fraction of sp³-hybridized carbons (Fsp3) is 0.0833. The number of methoxy groups -OCH3 is 1. The molecule has 0 amide bonds. The van der Waals surface area contributed by atoms with Crippen LogP contribution in [0.3, 0.4) is 0 Å². The van der Waals surface area contributed by atoms with E-state index in [2.05, 4.69) is 15.3 Å². The molecule has 2 rings (SSSR count). The van der Waals surface area contributed by atoms with E-state index in [1.165, 1.54) is 19.5 Å². The molecule has 0 saturated heterocycles. The average Bonchev–Trinajstić information content (AvgIpc) is 2.39. The molecule has 0 unspecified atom stereocenters. The second kappa shape index (κ2) is 5.53. The molecule has 19 heavy (non-hydrogen) atoms. The highest BCUT2D eigenvalue weighted by Crippen LogP contribution is 2.29. The van der Waals surface area contributed by atoms with Crippen LogP contribution in [-0.4, -0.2) is 28.2 Å². The molecule has 1 heterocycles. The molecule has 0 bridgehead atoms. The van der Waals surface area contributed by atoms with E-state index in [4.69, 9.17) is 21.4 Å². The van der Waals surface area contributed by atoms with Crippen molar-refractivity contribution < 1.29 is 14.6 Å². The van der Waals surface area contributed by atoms with E-state index in [0.717, 1.165) is 0 Å². The standard InChI is InChI=1S/C12H10ClN3O3/c1-19-10-3-2-8(13)4-9(10)16-12-14-5-7(6-15-12)11(17)18/h2-6H,1H3,(H,17,18)(H,14,15,16). The number of carboxylic acids is 1. The normalized spacial score (nSPS) is 10.0. The number of halogens is 1. The van der Waals surface area contributed by atoms with Gasteiger partial charge in [-0.05, 0) is 18.2 Å². The minimum atomic E-state index is -1.08. The molecule has 0 saturated carbocycles. The SMILES string of the molecule is COc1ccc(Cl)cc1Nc1ncc(C(=O)O)cn1. The number of anilines is 2. The number of nitrogens with one attached hydrogen (secondary N) is 1. The molecule has 2 aromatic rings. The van der Waals surface area contributed by atoms with Gasteiger partial charge in [0.1, 0.15) is 5.75 Å². The van der Waals surface area contributed by atoms with Gasteiger partial charge >= 0.3 is 5.97 Å². The van der Waals surface area contributed by atoms with Gasteiger partial charge in [0.05, 0.1) is 18.4 Å². The number of benzene rings is 1. The number of aromatic carboxylic acids is 1. The van der Waals surface area contributed by atoms with Crippen molar-refractivity contribution in [1.82, 2.24) is 9.97 Å². The van der Waals surface area contributed by atoms with Crippen molar-refractivity contribution in [1.29, 1.82) is 0 Å². The Hall–Kier alpha value is -2.34. The maximum Gasteiger partial charge on any atom is 0.338 e. The van der Waals surface area contributed by atoms with E-state index >= 15 is 0 Å². The predicted molar refractivity (Wildman–Crippen MR) is 70.3 cm³/mol. The summed E-state index contributed by atoms with van der Waals surface area (Å²) in [7, 11) is 1.53. The number of nitrogens with zero attached hydrogens (tertiary/aromatic N) is 2. The fourth-order valence-corrected chi connectivity index (χ4v) is 1.57. The monoisotopic (exact) mass is 279 g/mol. The Morgan fingerprint density at radius 1 is 1.37 bits per heavy atom. The molecule has 0 aliphatic rings. The molecule has 7 heteroatoms. The third-order valence-electron chi connectivity index (χ3n) is 2.31. The van der Waals surface area contributed by atoms with Crippen molar-refractivity contribution in [3.8, 4) is 5.75 Å². The quantitative estimate of drug-likeness (QED) is 0.895. The first-order valence-corrected chi connectivity index (χ1v) is 5.64. The summed E-state index contributed by atoms with van der Waals surface area (Å²) >= 11 is 5.89. The molecule has 0 aliphatic heterocycles. The highest BCUT2D eigenvalue weighted by molar-refractivity contribution is 6.30. The summed E-state index contributed by atoms with van der Waals surface area (Å²) in [4.78, 5) is 18.5. The molecule has 0 fully saturated rings. The summed E-state index contributed by atoms with van der Waals surface area (Å²) in [5.41, 5.74) is 0.613. The smallest absolute Gasteiger partial charge is 0.338 e. The van der Waals surface area contributed by atoms with Crippen LogP contribution in [0, 0.1) is 0 Å². The predicted octanol–water partition coefficient (Wildman–Crippen LogP) is 2.58. The molecular formula is C12H10ClN3O3. The third kappa shape index (κ3) is 3.11. The summed E-state index contributed by atoms with van der Waals surface area (Å²) in [5, 5.41) is 12.2. The number of carbonyl (C=O) groups is 1. The van der Waals surface area contributed by atoms with Crippen LogP contribution in [0.5, 0.6) is 5.75 Å². The fourth-order valence-electron chi connectivity index (χ4n) is 1.40. The lowest BCUT2D eigenvalue weighted by Gasteiger charge is -2.10. The summed E-state index contributed by atoms with van der Waals surface area (Å²) in [5.74, 6) is -0.243. The summed E-state index contributed by atoms with van der Waals surface area (Å²) < 4.78 is 5.16. The number of hydrogen-bond acceptors (Lipinski definition) is 5. The Labute approximate surface area is 114 Å². The molecule has 98 valence electrons. The third-order valence-corrected chi connectivity index (χ3v) is 2.54. The highest BCUT2D eigenvalue weighted by atomic mass is 35.5. The van der Waals surface area contributed by atoms with Gasteiger partial charge in [-0.25, -0.2) is 14.8 Å². The first-order chi connectivity index (χ1) is 9.10. The van der Waals surface area contributed by atoms with Gasteiger partial charge in [-0.1, -0.05) is 11.6 Å². The zero-order valence-electron chi connectivity index (χ0n) is 9.92. The van der Waals surface area contributed by atoms with Crippen LogP contribution in [-0.2, 0) is 0 Å². The molecule has 1 aromatic heterocycles. The van der Waals surface area contributed by atoms with Gasteiger partial charge in [0, 0.05) is 17.4 Å². The average molecular weight is 280 g/mol. The molecule has 2 N–H and O–H groups in total. The van der Waals surface area contributed by atoms with Gasteiger partial charge in [-0.2, -0.15) is 0 Å². The first-order valence-electron chi connectivity index (χ1n) is 5.26. The lowest BCUT2D eigenvalue weighted by molar-refractivity contribution is 0.0696. The van der Waals surface area contributed by atoms with Gasteiger partial charge < -0.3 is 15.2 Å². The van der Waals surface area contributed by atoms with Crippen LogP contribution in [0.4, 0.5) is 11.6 Å². The Kier molecular flexibility index (Phi) is 3.82. The van der Waals surface area contributed by atoms with Crippen LogP contribution in [0.2, 0.25) is 5.02 Å². The minimum Gasteiger partial charge on any atom is -0.495 e. The van der Waals surface area contributed by atoms with Crippen LogP contribution in [0.15, 0.2) is 30.6 Å². The van der Waals surface area contributed by atoms with Gasteiger partial charge in [0.25, 0.3) is 0 Å². The molecule has 0 atom stereocenters. The molecule has 1 aromatic carbocycles.